The number of hydrogen-bond acceptors (Lipinski definition) is 4. The van der Waals surface area contributed by atoms with Crippen molar-refractivity contribution in [3.8, 4) is 5.75 Å². The number of hydrogen-bond donors (Lipinski definition) is 2. The van der Waals surface area contributed by atoms with Crippen LogP contribution in [0.15, 0.2) is 46.9 Å². The molecule has 0 saturated carbocycles. The Morgan fingerprint density at radius 2 is 1.92 bits per heavy atom. The molecule has 0 unspecified atom stereocenters. The van der Waals surface area contributed by atoms with Gasteiger partial charge < -0.3 is 19.9 Å². The minimum atomic E-state index is 0.0473. The standard InChI is InChI=1S/C18H21BrClNO3/c19-16-5-6-18(24-13-14-3-1-2-4-17(14)20)15(11-16)12-21-7-9-23-10-8-22/h1-6,11,21-22H,7-10,12-13H2. The molecule has 0 amide bonds. The molecule has 0 aliphatic rings. The molecule has 0 aliphatic carbocycles. The molecule has 0 spiro atoms. The molecule has 4 nitrogen and oxygen atoms in total. The molecule has 130 valence electrons. The molecule has 0 saturated heterocycles. The molecule has 0 aliphatic heterocycles. The summed E-state index contributed by atoms with van der Waals surface area (Å²) in [5, 5.41) is 12.7. The van der Waals surface area contributed by atoms with Crippen LogP contribution in [0, 0.1) is 0 Å². The molecule has 24 heavy (non-hydrogen) atoms. The van der Waals surface area contributed by atoms with E-state index in [-0.39, 0.29) is 6.61 Å². The van der Waals surface area contributed by atoms with Crippen molar-refractivity contribution in [1.29, 1.82) is 0 Å². The molecular weight excluding hydrogens is 394 g/mol. The maximum Gasteiger partial charge on any atom is 0.124 e. The van der Waals surface area contributed by atoms with Crippen LogP contribution in [0.2, 0.25) is 5.02 Å². The average Bonchev–Trinajstić information content (AvgIpc) is 2.58. The van der Waals surface area contributed by atoms with Gasteiger partial charge in [-0.25, -0.2) is 0 Å². The molecule has 0 heterocycles. The summed E-state index contributed by atoms with van der Waals surface area (Å²) in [6.45, 7) is 2.77. The Kier molecular flexibility index (Phi) is 8.56. The van der Waals surface area contributed by atoms with Gasteiger partial charge in [0.25, 0.3) is 0 Å². The van der Waals surface area contributed by atoms with Gasteiger partial charge in [-0.15, -0.1) is 0 Å². The summed E-state index contributed by atoms with van der Waals surface area (Å²) in [5.74, 6) is 0.821. The molecule has 0 bridgehead atoms. The molecule has 2 rings (SSSR count). The van der Waals surface area contributed by atoms with E-state index in [2.05, 4.69) is 21.2 Å². The first-order chi connectivity index (χ1) is 11.7. The van der Waals surface area contributed by atoms with Crippen LogP contribution >= 0.6 is 27.5 Å². The average molecular weight is 415 g/mol. The van der Waals surface area contributed by atoms with Crippen molar-refractivity contribution in [2.75, 3.05) is 26.4 Å². The van der Waals surface area contributed by atoms with E-state index in [4.69, 9.17) is 26.2 Å². The second-order valence-electron chi connectivity index (χ2n) is 5.14. The Hall–Kier alpha value is -1.11. The molecule has 6 heteroatoms. The number of aliphatic hydroxyl groups is 1. The Balaban J connectivity index is 1.91. The lowest BCUT2D eigenvalue weighted by Crippen LogP contribution is -2.20. The number of nitrogens with one attached hydrogen (secondary N) is 1. The molecular formula is C18H21BrClNO3. The van der Waals surface area contributed by atoms with E-state index in [1.165, 1.54) is 0 Å². The first-order valence-corrected chi connectivity index (χ1v) is 8.91. The Morgan fingerprint density at radius 1 is 1.08 bits per heavy atom. The first-order valence-electron chi connectivity index (χ1n) is 7.74. The van der Waals surface area contributed by atoms with E-state index < -0.39 is 0 Å². The normalized spacial score (nSPS) is 10.8. The van der Waals surface area contributed by atoms with Crippen LogP contribution in [0.4, 0.5) is 0 Å². The van der Waals surface area contributed by atoms with Crippen LogP contribution in [0.1, 0.15) is 11.1 Å². The zero-order valence-corrected chi connectivity index (χ0v) is 15.6. The Bertz CT molecular complexity index is 639. The third-order valence-corrected chi connectivity index (χ3v) is 4.20. The van der Waals surface area contributed by atoms with Gasteiger partial charge in [-0.1, -0.05) is 45.7 Å². The quantitative estimate of drug-likeness (QED) is 0.581. The second kappa shape index (κ2) is 10.7. The van der Waals surface area contributed by atoms with E-state index >= 15 is 0 Å². The van der Waals surface area contributed by atoms with Crippen molar-refractivity contribution in [1.82, 2.24) is 5.32 Å². The van der Waals surface area contributed by atoms with Gasteiger partial charge in [-0.05, 0) is 24.3 Å². The lowest BCUT2D eigenvalue weighted by molar-refractivity contribution is 0.0937. The van der Waals surface area contributed by atoms with Crippen molar-refractivity contribution in [3.63, 3.8) is 0 Å². The largest absolute Gasteiger partial charge is 0.489 e. The van der Waals surface area contributed by atoms with Crippen LogP contribution in [-0.2, 0) is 17.9 Å². The van der Waals surface area contributed by atoms with E-state index in [1.807, 2.05) is 42.5 Å². The lowest BCUT2D eigenvalue weighted by atomic mass is 10.2. The maximum atomic E-state index is 8.66. The van der Waals surface area contributed by atoms with Crippen molar-refractivity contribution in [2.24, 2.45) is 0 Å². The van der Waals surface area contributed by atoms with Gasteiger partial charge in [-0.3, -0.25) is 0 Å². The van der Waals surface area contributed by atoms with E-state index in [1.54, 1.807) is 0 Å². The Labute approximate surface area is 155 Å². The topological polar surface area (TPSA) is 50.7 Å². The van der Waals surface area contributed by atoms with Gasteiger partial charge in [0.1, 0.15) is 12.4 Å². The number of ether oxygens (including phenoxy) is 2. The van der Waals surface area contributed by atoms with Gasteiger partial charge in [0, 0.05) is 33.7 Å². The smallest absolute Gasteiger partial charge is 0.124 e. The van der Waals surface area contributed by atoms with Crippen molar-refractivity contribution in [3.05, 3.63) is 63.1 Å². The Morgan fingerprint density at radius 3 is 2.71 bits per heavy atom. The van der Waals surface area contributed by atoms with Crippen molar-refractivity contribution >= 4 is 27.5 Å². The van der Waals surface area contributed by atoms with E-state index in [0.29, 0.717) is 37.9 Å². The predicted molar refractivity (Wildman–Crippen MR) is 99.5 cm³/mol. The van der Waals surface area contributed by atoms with Crippen molar-refractivity contribution in [2.45, 2.75) is 13.2 Å². The number of halogens is 2. The van der Waals surface area contributed by atoms with Gasteiger partial charge in [-0.2, -0.15) is 0 Å². The molecule has 2 aromatic carbocycles. The molecule has 0 fully saturated rings. The monoisotopic (exact) mass is 413 g/mol. The summed E-state index contributed by atoms with van der Waals surface area (Å²) < 4.78 is 12.2. The fourth-order valence-electron chi connectivity index (χ4n) is 2.13. The summed E-state index contributed by atoms with van der Waals surface area (Å²) in [4.78, 5) is 0. The number of aliphatic hydroxyl groups excluding tert-OH is 1. The van der Waals surface area contributed by atoms with Crippen LogP contribution < -0.4 is 10.1 Å². The van der Waals surface area contributed by atoms with Gasteiger partial charge in [0.15, 0.2) is 0 Å². The van der Waals surface area contributed by atoms with E-state index in [0.717, 1.165) is 21.3 Å². The number of benzene rings is 2. The van der Waals surface area contributed by atoms with Crippen LogP contribution in [0.5, 0.6) is 5.75 Å². The SMILES string of the molecule is OCCOCCNCc1cc(Br)ccc1OCc1ccccc1Cl. The maximum absolute atomic E-state index is 8.66. The third-order valence-electron chi connectivity index (χ3n) is 3.34. The van der Waals surface area contributed by atoms with Crippen molar-refractivity contribution < 1.29 is 14.6 Å². The third kappa shape index (κ3) is 6.42. The molecule has 2 aromatic rings. The molecule has 0 atom stereocenters. The zero-order chi connectivity index (χ0) is 17.2. The summed E-state index contributed by atoms with van der Waals surface area (Å²) in [6, 6.07) is 13.6. The van der Waals surface area contributed by atoms with Gasteiger partial charge in [0.2, 0.25) is 0 Å². The summed E-state index contributed by atoms with van der Waals surface area (Å²) in [6.07, 6.45) is 0. The molecule has 2 N–H and O–H groups in total. The second-order valence-corrected chi connectivity index (χ2v) is 6.47. The fraction of sp³-hybridized carbons (Fsp3) is 0.333. The minimum absolute atomic E-state index is 0.0473. The predicted octanol–water partition coefficient (Wildman–Crippen LogP) is 3.78. The van der Waals surface area contributed by atoms with Crippen LogP contribution in [0.3, 0.4) is 0 Å². The highest BCUT2D eigenvalue weighted by molar-refractivity contribution is 9.10. The first kappa shape index (κ1) is 19.2. The highest BCUT2D eigenvalue weighted by atomic mass is 79.9. The number of rotatable bonds is 10. The summed E-state index contributed by atoms with van der Waals surface area (Å²) in [5.41, 5.74) is 2.01. The highest BCUT2D eigenvalue weighted by Crippen LogP contribution is 2.25. The lowest BCUT2D eigenvalue weighted by Gasteiger charge is -2.13. The van der Waals surface area contributed by atoms with Crippen LogP contribution in [-0.4, -0.2) is 31.5 Å². The van der Waals surface area contributed by atoms with Crippen LogP contribution in [0.25, 0.3) is 0 Å². The minimum Gasteiger partial charge on any atom is -0.489 e. The van der Waals surface area contributed by atoms with E-state index in [9.17, 15) is 0 Å². The summed E-state index contributed by atoms with van der Waals surface area (Å²) in [7, 11) is 0. The van der Waals surface area contributed by atoms with Gasteiger partial charge >= 0.3 is 0 Å². The highest BCUT2D eigenvalue weighted by Gasteiger charge is 2.06. The fourth-order valence-corrected chi connectivity index (χ4v) is 2.73. The molecule has 0 aromatic heterocycles. The molecule has 0 radical (unpaired) electrons. The zero-order valence-electron chi connectivity index (χ0n) is 13.3. The summed E-state index contributed by atoms with van der Waals surface area (Å²) >= 11 is 9.66. The van der Waals surface area contributed by atoms with Gasteiger partial charge in [0.05, 0.1) is 19.8 Å².